The van der Waals surface area contributed by atoms with E-state index in [4.69, 9.17) is 0 Å². The van der Waals surface area contributed by atoms with E-state index < -0.39 is 24.0 Å². The van der Waals surface area contributed by atoms with Gasteiger partial charge in [0.05, 0.1) is 7.11 Å². The molecular formula is C14H9F4NO3. The van der Waals surface area contributed by atoms with Crippen LogP contribution in [0.3, 0.4) is 0 Å². The Balaban J connectivity index is 2.48. The molecule has 0 saturated carbocycles. The third-order valence-electron chi connectivity index (χ3n) is 2.62. The molecule has 1 aromatic carbocycles. The predicted molar refractivity (Wildman–Crippen MR) is 67.7 cm³/mol. The maximum atomic E-state index is 13.2. The highest BCUT2D eigenvalue weighted by molar-refractivity contribution is 5.95. The molecule has 0 spiro atoms. The molecule has 1 aromatic heterocycles. The van der Waals surface area contributed by atoms with E-state index in [9.17, 15) is 22.4 Å². The average Bonchev–Trinajstić information content (AvgIpc) is 2.44. The molecule has 0 bridgehead atoms. The van der Waals surface area contributed by atoms with Gasteiger partial charge in [0.25, 0.3) is 0 Å². The summed E-state index contributed by atoms with van der Waals surface area (Å²) in [5.41, 5.74) is -0.0119. The van der Waals surface area contributed by atoms with Crippen molar-refractivity contribution in [2.24, 2.45) is 0 Å². The Labute approximate surface area is 122 Å². The van der Waals surface area contributed by atoms with Gasteiger partial charge < -0.3 is 9.47 Å². The Hall–Kier alpha value is -2.64. The molecule has 0 aliphatic rings. The molecule has 116 valence electrons. The number of aromatic nitrogens is 1. The van der Waals surface area contributed by atoms with Crippen LogP contribution in [-0.4, -0.2) is 24.4 Å². The number of alkyl halides is 3. The Morgan fingerprint density at radius 2 is 1.91 bits per heavy atom. The first kappa shape index (κ1) is 15.7. The molecule has 0 aliphatic carbocycles. The molecule has 2 rings (SSSR count). The highest BCUT2D eigenvalue weighted by atomic mass is 19.4. The van der Waals surface area contributed by atoms with Gasteiger partial charge >= 0.3 is 12.3 Å². The maximum Gasteiger partial charge on any atom is 0.573 e. The molecule has 1 heterocycles. The summed E-state index contributed by atoms with van der Waals surface area (Å²) < 4.78 is 58.2. The third-order valence-corrected chi connectivity index (χ3v) is 2.62. The Bertz CT molecular complexity index is 701. The largest absolute Gasteiger partial charge is 0.573 e. The van der Waals surface area contributed by atoms with Crippen LogP contribution in [0, 0.1) is 5.95 Å². The second-order valence-electron chi connectivity index (χ2n) is 4.10. The summed E-state index contributed by atoms with van der Waals surface area (Å²) in [6.45, 7) is 0. The van der Waals surface area contributed by atoms with E-state index in [0.29, 0.717) is 0 Å². The lowest BCUT2D eigenvalue weighted by molar-refractivity contribution is -0.274. The second-order valence-corrected chi connectivity index (χ2v) is 4.10. The molecule has 0 N–H and O–H groups in total. The molecule has 0 radical (unpaired) electrons. The number of hydrogen-bond acceptors (Lipinski definition) is 4. The number of pyridine rings is 1. The molecule has 0 fully saturated rings. The van der Waals surface area contributed by atoms with Crippen LogP contribution in [0.4, 0.5) is 17.6 Å². The van der Waals surface area contributed by atoms with E-state index in [1.165, 1.54) is 18.2 Å². The molecule has 0 unspecified atom stereocenters. The lowest BCUT2D eigenvalue weighted by atomic mass is 10.0. The van der Waals surface area contributed by atoms with E-state index in [2.05, 4.69) is 14.5 Å². The van der Waals surface area contributed by atoms with E-state index in [1.807, 2.05) is 0 Å². The van der Waals surface area contributed by atoms with Crippen LogP contribution >= 0.6 is 0 Å². The van der Waals surface area contributed by atoms with Crippen molar-refractivity contribution in [1.29, 1.82) is 0 Å². The predicted octanol–water partition coefficient (Wildman–Crippen LogP) is 3.57. The molecule has 0 aliphatic heterocycles. The topological polar surface area (TPSA) is 48.4 Å². The van der Waals surface area contributed by atoms with Crippen molar-refractivity contribution in [3.63, 3.8) is 0 Å². The standard InChI is InChI=1S/C14H9F4NO3/c1-21-13(20)12-10(5-6-11(15)19-12)8-3-2-4-9(7-8)22-14(16,17)18/h2-7H,1H3. The number of ether oxygens (including phenoxy) is 2. The number of carbonyl (C=O) groups is 1. The lowest BCUT2D eigenvalue weighted by Crippen LogP contribution is -2.17. The molecule has 0 amide bonds. The fraction of sp³-hybridized carbons (Fsp3) is 0.143. The number of esters is 1. The molecule has 0 atom stereocenters. The Kier molecular flexibility index (Phi) is 4.30. The van der Waals surface area contributed by atoms with Gasteiger partial charge in [0.1, 0.15) is 5.75 Å². The summed E-state index contributed by atoms with van der Waals surface area (Å²) in [5.74, 6) is -2.28. The molecule has 22 heavy (non-hydrogen) atoms. The monoisotopic (exact) mass is 315 g/mol. The first-order valence-electron chi connectivity index (χ1n) is 5.91. The van der Waals surface area contributed by atoms with E-state index >= 15 is 0 Å². The zero-order valence-corrected chi connectivity index (χ0v) is 11.1. The molecule has 4 nitrogen and oxygen atoms in total. The number of carbonyl (C=O) groups excluding carboxylic acids is 1. The molecular weight excluding hydrogens is 306 g/mol. The van der Waals surface area contributed by atoms with Crippen molar-refractivity contribution >= 4 is 5.97 Å². The first-order chi connectivity index (χ1) is 10.3. The minimum absolute atomic E-state index is 0.126. The lowest BCUT2D eigenvalue weighted by Gasteiger charge is -2.11. The number of hydrogen-bond donors (Lipinski definition) is 0. The summed E-state index contributed by atoms with van der Waals surface area (Å²) in [6.07, 6.45) is -4.84. The summed E-state index contributed by atoms with van der Waals surface area (Å²) in [6, 6.07) is 7.12. The van der Waals surface area contributed by atoms with Crippen LogP contribution in [0.2, 0.25) is 0 Å². The molecule has 8 heteroatoms. The van der Waals surface area contributed by atoms with Gasteiger partial charge in [0.15, 0.2) is 5.69 Å². The number of benzene rings is 1. The average molecular weight is 315 g/mol. The summed E-state index contributed by atoms with van der Waals surface area (Å²) in [5, 5.41) is 0. The van der Waals surface area contributed by atoms with Gasteiger partial charge in [-0.3, -0.25) is 0 Å². The van der Waals surface area contributed by atoms with Crippen LogP contribution in [0.15, 0.2) is 36.4 Å². The van der Waals surface area contributed by atoms with Crippen LogP contribution in [0.1, 0.15) is 10.5 Å². The van der Waals surface area contributed by atoms with Crippen molar-refractivity contribution in [2.75, 3.05) is 7.11 Å². The van der Waals surface area contributed by atoms with E-state index in [-0.39, 0.29) is 16.8 Å². The quantitative estimate of drug-likeness (QED) is 0.493. The van der Waals surface area contributed by atoms with Crippen molar-refractivity contribution in [2.45, 2.75) is 6.36 Å². The fourth-order valence-electron chi connectivity index (χ4n) is 1.78. The SMILES string of the molecule is COC(=O)c1nc(F)ccc1-c1cccc(OC(F)(F)F)c1. The van der Waals surface area contributed by atoms with Crippen molar-refractivity contribution in [3.8, 4) is 16.9 Å². The van der Waals surface area contributed by atoms with Crippen LogP contribution in [-0.2, 0) is 4.74 Å². The van der Waals surface area contributed by atoms with E-state index in [1.54, 1.807) is 0 Å². The Morgan fingerprint density at radius 3 is 2.55 bits per heavy atom. The highest BCUT2D eigenvalue weighted by Crippen LogP contribution is 2.29. The minimum atomic E-state index is -4.84. The van der Waals surface area contributed by atoms with Crippen molar-refractivity contribution < 1.29 is 31.8 Å². The van der Waals surface area contributed by atoms with Crippen molar-refractivity contribution in [3.05, 3.63) is 48.0 Å². The summed E-state index contributed by atoms with van der Waals surface area (Å²) in [7, 11) is 1.09. The van der Waals surface area contributed by atoms with Gasteiger partial charge in [0, 0.05) is 5.56 Å². The maximum absolute atomic E-state index is 13.2. The molecule has 2 aromatic rings. The number of nitrogens with zero attached hydrogens (tertiary/aromatic N) is 1. The van der Waals surface area contributed by atoms with Crippen molar-refractivity contribution in [1.82, 2.24) is 4.98 Å². The van der Waals surface area contributed by atoms with Gasteiger partial charge in [-0.25, -0.2) is 9.78 Å². The fourth-order valence-corrected chi connectivity index (χ4v) is 1.78. The first-order valence-corrected chi connectivity index (χ1v) is 5.91. The van der Waals surface area contributed by atoms with Crippen LogP contribution in [0.5, 0.6) is 5.75 Å². The normalized spacial score (nSPS) is 11.1. The zero-order valence-electron chi connectivity index (χ0n) is 11.1. The zero-order chi connectivity index (χ0) is 16.3. The number of halogens is 4. The smallest absolute Gasteiger partial charge is 0.464 e. The van der Waals surface area contributed by atoms with Gasteiger partial charge in [-0.2, -0.15) is 4.39 Å². The minimum Gasteiger partial charge on any atom is -0.464 e. The highest BCUT2D eigenvalue weighted by Gasteiger charge is 2.31. The second kappa shape index (κ2) is 6.00. The summed E-state index contributed by atoms with van der Waals surface area (Å²) in [4.78, 5) is 15.0. The van der Waals surface area contributed by atoms with Gasteiger partial charge in [-0.1, -0.05) is 12.1 Å². The van der Waals surface area contributed by atoms with E-state index in [0.717, 1.165) is 25.3 Å². The third kappa shape index (κ3) is 3.72. The number of methoxy groups -OCH3 is 1. The Morgan fingerprint density at radius 1 is 1.18 bits per heavy atom. The molecule has 0 saturated heterocycles. The van der Waals surface area contributed by atoms with Gasteiger partial charge in [-0.05, 0) is 29.8 Å². The van der Waals surface area contributed by atoms with Gasteiger partial charge in [0.2, 0.25) is 5.95 Å². The number of rotatable bonds is 3. The van der Waals surface area contributed by atoms with Crippen LogP contribution in [0.25, 0.3) is 11.1 Å². The summed E-state index contributed by atoms with van der Waals surface area (Å²) >= 11 is 0. The van der Waals surface area contributed by atoms with Gasteiger partial charge in [-0.15, -0.1) is 13.2 Å². The van der Waals surface area contributed by atoms with Crippen LogP contribution < -0.4 is 4.74 Å².